The van der Waals surface area contributed by atoms with E-state index in [2.05, 4.69) is 43.4 Å². The number of likely N-dealkylation sites (N-methyl/N-ethyl adjacent to an activating group) is 1. The number of nitrogens with zero attached hydrogens (tertiary/aromatic N) is 3. The summed E-state index contributed by atoms with van der Waals surface area (Å²) >= 11 is 1.56. The van der Waals surface area contributed by atoms with Crippen LogP contribution in [0, 0.1) is 5.41 Å². The van der Waals surface area contributed by atoms with Crippen LogP contribution < -0.4 is 30.7 Å². The number of nitrogens with one attached hydrogen (secondary N) is 4. The van der Waals surface area contributed by atoms with Crippen molar-refractivity contribution in [3.8, 4) is 11.5 Å². The number of sulfone groups is 1. The summed E-state index contributed by atoms with van der Waals surface area (Å²) in [6, 6.07) is 22.6. The summed E-state index contributed by atoms with van der Waals surface area (Å²) < 4.78 is 57.3. The van der Waals surface area contributed by atoms with Gasteiger partial charge < -0.3 is 49.9 Å². The molecule has 4 atom stereocenters. The maximum atomic E-state index is 14.7. The van der Waals surface area contributed by atoms with E-state index in [1.165, 1.54) is 5.56 Å². The van der Waals surface area contributed by atoms with Gasteiger partial charge in [-0.3, -0.25) is 19.4 Å². The number of benzene rings is 4. The molecule has 3 amide bonds. The molecule has 19 heteroatoms. The van der Waals surface area contributed by atoms with Crippen molar-refractivity contribution in [1.29, 1.82) is 0 Å². The van der Waals surface area contributed by atoms with Gasteiger partial charge in [-0.25, -0.2) is 13.4 Å². The number of anilines is 2. The number of fused-ring (bicyclic) bond motifs is 4. The number of aryl methyl sites for hydroxylation is 1. The molecule has 2 aromatic heterocycles. The molecule has 2 aliphatic rings. The summed E-state index contributed by atoms with van der Waals surface area (Å²) in [7, 11) is -2.13. The highest BCUT2D eigenvalue weighted by molar-refractivity contribution is 7.92. The Bertz CT molecular complexity index is 3150. The minimum absolute atomic E-state index is 0.0750. The standard InChI is InChI=1S/C58H73N7O10S2/c1-37(59-8)54(66)64-53(57(2,3)4)56(68)65-35-40-30-42(18-16-39(40)31-49(65)55(67)63-45-15-11-13-38-12-9-10-14-43(38)45)74-28-26-72-24-22-71-23-25-73-27-29-75-50-34-47-44(33-52(50)77(69,70)58(5,6)7)46(20-21-60-47)62-41-17-19-51-48(32-41)61-36-76-51/h9-10,12,14,16-21,30,32-34,36-37,45,49,53,59H,11,13,15,22-29,31,35H2,1-8H3,(H,60,62)(H,63,67)(H,64,66)/t37-,45+,49-,53+/m0/s1. The van der Waals surface area contributed by atoms with Crippen LogP contribution in [0.15, 0.2) is 95.5 Å². The molecule has 3 heterocycles. The molecule has 0 fully saturated rings. The summed E-state index contributed by atoms with van der Waals surface area (Å²) in [5, 5.41) is 13.3. The van der Waals surface area contributed by atoms with Gasteiger partial charge in [-0.1, -0.05) is 51.1 Å². The van der Waals surface area contributed by atoms with Crippen molar-refractivity contribution in [2.45, 2.75) is 115 Å². The van der Waals surface area contributed by atoms with Gasteiger partial charge in [0.2, 0.25) is 17.7 Å². The SMILES string of the molecule is CN[C@@H](C)C(=O)N[C@H](C(=O)N1Cc2cc(OCCOCCOCCOCCOc3cc4nccc(Nc5ccc6scnc6c5)c4cc3S(=O)(=O)C(C)(C)C)ccc2C[C@H]1C(=O)N[C@@H]1CCCc2ccccc21)C(C)(C)C. The maximum absolute atomic E-state index is 14.7. The fraction of sp³-hybridized carbons (Fsp3) is 0.466. The normalized spacial score (nSPS) is 16.5. The molecule has 4 N–H and O–H groups in total. The van der Waals surface area contributed by atoms with Crippen molar-refractivity contribution >= 4 is 71.4 Å². The average molecular weight is 1090 g/mol. The van der Waals surface area contributed by atoms with Gasteiger partial charge in [0.25, 0.3) is 0 Å². The van der Waals surface area contributed by atoms with Crippen molar-refractivity contribution < 1.29 is 46.5 Å². The molecule has 0 saturated carbocycles. The molecule has 1 aliphatic heterocycles. The van der Waals surface area contributed by atoms with Gasteiger partial charge in [-0.15, -0.1) is 11.3 Å². The second kappa shape index (κ2) is 25.1. The van der Waals surface area contributed by atoms with Crippen LogP contribution in [-0.4, -0.2) is 124 Å². The van der Waals surface area contributed by atoms with Crippen molar-refractivity contribution in [3.63, 3.8) is 0 Å². The van der Waals surface area contributed by atoms with Crippen molar-refractivity contribution in [1.82, 2.24) is 30.8 Å². The molecule has 0 radical (unpaired) electrons. The third-order valence-electron chi connectivity index (χ3n) is 14.0. The molecule has 412 valence electrons. The van der Waals surface area contributed by atoms with E-state index in [-0.39, 0.29) is 60.8 Å². The third kappa shape index (κ3) is 13.9. The van der Waals surface area contributed by atoms with E-state index in [9.17, 15) is 22.8 Å². The molecule has 1 aliphatic carbocycles. The smallest absolute Gasteiger partial charge is 0.246 e. The molecule has 4 aromatic carbocycles. The highest BCUT2D eigenvalue weighted by atomic mass is 32.2. The molecule has 0 bridgehead atoms. The summed E-state index contributed by atoms with van der Waals surface area (Å²) in [6.45, 7) is 14.8. The first-order valence-electron chi connectivity index (χ1n) is 26.4. The number of carbonyl (C=O) groups is 3. The van der Waals surface area contributed by atoms with Crippen LogP contribution >= 0.6 is 11.3 Å². The largest absolute Gasteiger partial charge is 0.491 e. The Hall–Kier alpha value is -6.22. The van der Waals surface area contributed by atoms with Crippen molar-refractivity contribution in [3.05, 3.63) is 113 Å². The summed E-state index contributed by atoms with van der Waals surface area (Å²) in [6.07, 6.45) is 4.71. The number of amides is 3. The lowest BCUT2D eigenvalue weighted by Crippen LogP contribution is -2.62. The predicted octanol–water partition coefficient (Wildman–Crippen LogP) is 8.25. The Kier molecular flexibility index (Phi) is 18.5. The number of aromatic nitrogens is 2. The molecular weight excluding hydrogens is 1020 g/mol. The van der Waals surface area contributed by atoms with Crippen LogP contribution in [0.4, 0.5) is 11.4 Å². The molecule has 8 rings (SSSR count). The quantitative estimate of drug-likeness (QED) is 0.0446. The zero-order valence-electron chi connectivity index (χ0n) is 45.4. The van der Waals surface area contributed by atoms with Crippen LogP contribution in [0.1, 0.15) is 89.6 Å². The molecule has 0 spiro atoms. The Balaban J connectivity index is 0.795. The maximum Gasteiger partial charge on any atom is 0.246 e. The second-order valence-electron chi connectivity index (χ2n) is 21.6. The van der Waals surface area contributed by atoms with E-state index in [0.29, 0.717) is 61.8 Å². The number of thiazole rings is 1. The number of ether oxygens (including phenoxy) is 5. The minimum Gasteiger partial charge on any atom is -0.491 e. The Morgan fingerprint density at radius 2 is 1.51 bits per heavy atom. The summed E-state index contributed by atoms with van der Waals surface area (Å²) in [5.41, 5.74) is 8.26. The fourth-order valence-electron chi connectivity index (χ4n) is 9.48. The Labute approximate surface area is 456 Å². The zero-order chi connectivity index (χ0) is 54.9. The van der Waals surface area contributed by atoms with Gasteiger partial charge in [-0.2, -0.15) is 0 Å². The van der Waals surface area contributed by atoms with E-state index >= 15 is 0 Å². The molecule has 77 heavy (non-hydrogen) atoms. The highest BCUT2D eigenvalue weighted by Gasteiger charge is 2.43. The van der Waals surface area contributed by atoms with Gasteiger partial charge in [0.05, 0.1) is 77.7 Å². The van der Waals surface area contributed by atoms with Gasteiger partial charge in [0, 0.05) is 42.0 Å². The number of hydrogen-bond acceptors (Lipinski definition) is 15. The van der Waals surface area contributed by atoms with Crippen molar-refractivity contribution in [2.75, 3.05) is 65.2 Å². The number of carbonyl (C=O) groups excluding carboxylic acids is 3. The van der Waals surface area contributed by atoms with E-state index in [1.807, 2.05) is 75.4 Å². The van der Waals surface area contributed by atoms with E-state index in [0.717, 1.165) is 51.9 Å². The number of pyridine rings is 1. The van der Waals surface area contributed by atoms with E-state index in [1.54, 1.807) is 74.8 Å². The van der Waals surface area contributed by atoms with Crippen LogP contribution in [0.3, 0.4) is 0 Å². The first-order chi connectivity index (χ1) is 36.8. The van der Waals surface area contributed by atoms with E-state index in [4.69, 9.17) is 23.7 Å². The summed E-state index contributed by atoms with van der Waals surface area (Å²) in [4.78, 5) is 52.9. The topological polar surface area (TPSA) is 209 Å². The lowest BCUT2D eigenvalue weighted by atomic mass is 9.83. The number of hydrogen-bond donors (Lipinski definition) is 4. The van der Waals surface area contributed by atoms with Crippen molar-refractivity contribution in [2.24, 2.45) is 5.41 Å². The predicted molar refractivity (Wildman–Crippen MR) is 300 cm³/mol. The van der Waals surface area contributed by atoms with Crippen LogP contribution in [-0.2, 0) is 57.8 Å². The van der Waals surface area contributed by atoms with Crippen LogP contribution in [0.2, 0.25) is 0 Å². The third-order valence-corrected chi connectivity index (χ3v) is 17.4. The highest BCUT2D eigenvalue weighted by Crippen LogP contribution is 2.39. The molecule has 0 unspecified atom stereocenters. The van der Waals surface area contributed by atoms with Gasteiger partial charge in [0.1, 0.15) is 41.7 Å². The lowest BCUT2D eigenvalue weighted by Gasteiger charge is -2.41. The Morgan fingerprint density at radius 1 is 0.792 bits per heavy atom. The Morgan fingerprint density at radius 3 is 2.22 bits per heavy atom. The van der Waals surface area contributed by atoms with Gasteiger partial charge in [0.15, 0.2) is 9.84 Å². The second-order valence-corrected chi connectivity index (χ2v) is 25.1. The molecular formula is C58H73N7O10S2. The monoisotopic (exact) mass is 1090 g/mol. The molecule has 6 aromatic rings. The molecule has 17 nitrogen and oxygen atoms in total. The molecule has 0 saturated heterocycles. The minimum atomic E-state index is -3.83. The number of rotatable bonds is 23. The summed E-state index contributed by atoms with van der Waals surface area (Å²) in [5.74, 6) is -0.0348. The van der Waals surface area contributed by atoms with Crippen LogP contribution in [0.5, 0.6) is 11.5 Å². The lowest BCUT2D eigenvalue weighted by molar-refractivity contribution is -0.147. The van der Waals surface area contributed by atoms with Gasteiger partial charge >= 0.3 is 0 Å². The average Bonchev–Trinajstić information content (AvgIpc) is 3.90. The van der Waals surface area contributed by atoms with Gasteiger partial charge in [-0.05, 0) is 124 Å². The van der Waals surface area contributed by atoms with Crippen LogP contribution in [0.25, 0.3) is 21.1 Å². The fourth-order valence-corrected chi connectivity index (χ4v) is 11.5. The van der Waals surface area contributed by atoms with E-state index < -0.39 is 38.1 Å². The first kappa shape index (κ1) is 57.0. The first-order valence-corrected chi connectivity index (χ1v) is 28.7. The zero-order valence-corrected chi connectivity index (χ0v) is 47.0.